The summed E-state index contributed by atoms with van der Waals surface area (Å²) in [7, 11) is 0. The van der Waals surface area contributed by atoms with Crippen molar-refractivity contribution in [1.29, 1.82) is 0 Å². The van der Waals surface area contributed by atoms with Gasteiger partial charge in [0.15, 0.2) is 0 Å². The van der Waals surface area contributed by atoms with Crippen LogP contribution < -0.4 is 5.73 Å². The molecule has 2 rings (SSSR count). The number of nitrogens with two attached hydrogens (primary N) is 1. The Morgan fingerprint density at radius 3 is 2.67 bits per heavy atom. The van der Waals surface area contributed by atoms with Crippen LogP contribution in [0.3, 0.4) is 0 Å². The first kappa shape index (κ1) is 13.5. The zero-order chi connectivity index (χ0) is 13.1. The Kier molecular flexibility index (Phi) is 4.32. The summed E-state index contributed by atoms with van der Waals surface area (Å²) in [6, 6.07) is 6.38. The molecule has 0 radical (unpaired) electrons. The van der Waals surface area contributed by atoms with Gasteiger partial charge in [-0.15, -0.1) is 0 Å². The molecule has 0 aliphatic carbocycles. The molecule has 0 bridgehead atoms. The number of morpholine rings is 1. The summed E-state index contributed by atoms with van der Waals surface area (Å²) in [5, 5.41) is 0. The van der Waals surface area contributed by atoms with Gasteiger partial charge in [-0.2, -0.15) is 0 Å². The van der Waals surface area contributed by atoms with Gasteiger partial charge in [0.05, 0.1) is 12.2 Å². The van der Waals surface area contributed by atoms with Gasteiger partial charge in [0, 0.05) is 25.7 Å². The molecule has 2 N–H and O–H groups in total. The summed E-state index contributed by atoms with van der Waals surface area (Å²) in [6.45, 7) is 6.63. The quantitative estimate of drug-likeness (QED) is 0.893. The van der Waals surface area contributed by atoms with E-state index in [4.69, 9.17) is 10.5 Å². The molecule has 0 aromatic heterocycles. The molecule has 0 spiro atoms. The van der Waals surface area contributed by atoms with Crippen LogP contribution in [0.4, 0.5) is 4.39 Å². The van der Waals surface area contributed by atoms with E-state index in [-0.39, 0.29) is 24.1 Å². The Hall–Kier alpha value is -0.970. The maximum absolute atomic E-state index is 13.1. The van der Waals surface area contributed by atoms with E-state index in [1.54, 1.807) is 6.07 Å². The Labute approximate surface area is 108 Å². The molecule has 0 saturated carbocycles. The van der Waals surface area contributed by atoms with Crippen LogP contribution >= 0.6 is 0 Å². The lowest BCUT2D eigenvalue weighted by Gasteiger charge is -2.36. The fourth-order valence-electron chi connectivity index (χ4n) is 2.55. The molecule has 1 fully saturated rings. The van der Waals surface area contributed by atoms with Crippen molar-refractivity contribution in [2.45, 2.75) is 32.1 Å². The van der Waals surface area contributed by atoms with Crippen LogP contribution in [-0.2, 0) is 4.74 Å². The van der Waals surface area contributed by atoms with Gasteiger partial charge in [0.2, 0.25) is 0 Å². The van der Waals surface area contributed by atoms with Crippen molar-refractivity contribution in [3.63, 3.8) is 0 Å². The third-order valence-electron chi connectivity index (χ3n) is 3.23. The van der Waals surface area contributed by atoms with Gasteiger partial charge in [-0.3, -0.25) is 4.90 Å². The number of rotatable bonds is 3. The van der Waals surface area contributed by atoms with Gasteiger partial charge in [0.25, 0.3) is 0 Å². The summed E-state index contributed by atoms with van der Waals surface area (Å²) >= 11 is 0. The first-order valence-electron chi connectivity index (χ1n) is 6.43. The highest BCUT2D eigenvalue weighted by atomic mass is 19.1. The van der Waals surface area contributed by atoms with Gasteiger partial charge in [0.1, 0.15) is 5.82 Å². The van der Waals surface area contributed by atoms with E-state index < -0.39 is 0 Å². The van der Waals surface area contributed by atoms with Crippen LogP contribution in [0.2, 0.25) is 0 Å². The summed E-state index contributed by atoms with van der Waals surface area (Å²) in [6.07, 6.45) is 0.460. The minimum atomic E-state index is -0.230. The average molecular weight is 252 g/mol. The molecule has 3 atom stereocenters. The normalized spacial score (nSPS) is 27.1. The fourth-order valence-corrected chi connectivity index (χ4v) is 2.55. The Balaban J connectivity index is 1.96. The SMILES string of the molecule is CC1CN(CC(N)c2cccc(F)c2)CC(C)O1. The topological polar surface area (TPSA) is 38.5 Å². The van der Waals surface area contributed by atoms with Crippen molar-refractivity contribution in [3.05, 3.63) is 35.6 Å². The third kappa shape index (κ3) is 3.51. The molecule has 1 aliphatic heterocycles. The van der Waals surface area contributed by atoms with Gasteiger partial charge in [-0.05, 0) is 31.5 Å². The van der Waals surface area contributed by atoms with Crippen LogP contribution in [-0.4, -0.2) is 36.7 Å². The standard InChI is InChI=1S/C14H21FN2O/c1-10-7-17(8-11(2)18-10)9-14(16)12-4-3-5-13(15)6-12/h3-6,10-11,14H,7-9,16H2,1-2H3. The van der Waals surface area contributed by atoms with E-state index in [1.807, 2.05) is 6.07 Å². The Morgan fingerprint density at radius 1 is 1.39 bits per heavy atom. The number of hydrogen-bond acceptors (Lipinski definition) is 3. The molecule has 1 aromatic carbocycles. The van der Waals surface area contributed by atoms with Crippen LogP contribution in [0.1, 0.15) is 25.5 Å². The summed E-state index contributed by atoms with van der Waals surface area (Å²) < 4.78 is 18.8. The molecular weight excluding hydrogens is 231 g/mol. The fraction of sp³-hybridized carbons (Fsp3) is 0.571. The molecule has 1 heterocycles. The van der Waals surface area contributed by atoms with Crippen LogP contribution in [0.5, 0.6) is 0 Å². The first-order valence-corrected chi connectivity index (χ1v) is 6.43. The minimum Gasteiger partial charge on any atom is -0.373 e. The monoisotopic (exact) mass is 252 g/mol. The molecule has 0 amide bonds. The van der Waals surface area contributed by atoms with Crippen molar-refractivity contribution in [1.82, 2.24) is 4.90 Å². The van der Waals surface area contributed by atoms with E-state index in [0.717, 1.165) is 25.2 Å². The van der Waals surface area contributed by atoms with Crippen molar-refractivity contribution in [2.24, 2.45) is 5.73 Å². The zero-order valence-corrected chi connectivity index (χ0v) is 11.0. The second kappa shape index (κ2) is 5.78. The summed E-state index contributed by atoms with van der Waals surface area (Å²) in [5.74, 6) is -0.230. The molecule has 3 nitrogen and oxygen atoms in total. The molecule has 1 aliphatic rings. The lowest BCUT2D eigenvalue weighted by Crippen LogP contribution is -2.47. The first-order chi connectivity index (χ1) is 8.54. The zero-order valence-electron chi connectivity index (χ0n) is 11.0. The molecule has 1 saturated heterocycles. The van der Waals surface area contributed by atoms with Crippen molar-refractivity contribution in [3.8, 4) is 0 Å². The third-order valence-corrected chi connectivity index (χ3v) is 3.23. The predicted molar refractivity (Wildman–Crippen MR) is 69.8 cm³/mol. The Morgan fingerprint density at radius 2 is 2.06 bits per heavy atom. The molecule has 4 heteroatoms. The van der Waals surface area contributed by atoms with Gasteiger partial charge in [-0.1, -0.05) is 12.1 Å². The van der Waals surface area contributed by atoms with Crippen molar-refractivity contribution in [2.75, 3.05) is 19.6 Å². The second-order valence-corrected chi connectivity index (χ2v) is 5.14. The van der Waals surface area contributed by atoms with Gasteiger partial charge in [-0.25, -0.2) is 4.39 Å². The van der Waals surface area contributed by atoms with Crippen LogP contribution in [0.25, 0.3) is 0 Å². The smallest absolute Gasteiger partial charge is 0.123 e. The van der Waals surface area contributed by atoms with Crippen LogP contribution in [0, 0.1) is 5.82 Å². The molecule has 3 unspecified atom stereocenters. The van der Waals surface area contributed by atoms with Crippen molar-refractivity contribution < 1.29 is 9.13 Å². The number of ether oxygens (including phenoxy) is 1. The average Bonchev–Trinajstić information content (AvgIpc) is 2.27. The van der Waals surface area contributed by atoms with Crippen molar-refractivity contribution >= 4 is 0 Å². The highest BCUT2D eigenvalue weighted by Crippen LogP contribution is 2.17. The molecule has 100 valence electrons. The van der Waals surface area contributed by atoms with Gasteiger partial charge < -0.3 is 10.5 Å². The van der Waals surface area contributed by atoms with E-state index in [0.29, 0.717) is 0 Å². The Bertz CT molecular complexity index is 389. The number of halogens is 1. The van der Waals surface area contributed by atoms with E-state index in [9.17, 15) is 4.39 Å². The second-order valence-electron chi connectivity index (χ2n) is 5.14. The molecular formula is C14H21FN2O. The number of hydrogen-bond donors (Lipinski definition) is 1. The minimum absolute atomic E-state index is 0.154. The summed E-state index contributed by atoms with van der Waals surface area (Å²) in [5.41, 5.74) is 6.99. The maximum atomic E-state index is 13.1. The lowest BCUT2D eigenvalue weighted by molar-refractivity contribution is -0.0691. The summed E-state index contributed by atoms with van der Waals surface area (Å²) in [4.78, 5) is 2.29. The largest absolute Gasteiger partial charge is 0.373 e. The number of benzene rings is 1. The molecule has 18 heavy (non-hydrogen) atoms. The molecule has 1 aromatic rings. The maximum Gasteiger partial charge on any atom is 0.123 e. The van der Waals surface area contributed by atoms with E-state index in [2.05, 4.69) is 18.7 Å². The number of nitrogens with zero attached hydrogens (tertiary/aromatic N) is 1. The van der Waals surface area contributed by atoms with Crippen LogP contribution in [0.15, 0.2) is 24.3 Å². The highest BCUT2D eigenvalue weighted by molar-refractivity contribution is 5.20. The highest BCUT2D eigenvalue weighted by Gasteiger charge is 2.23. The van der Waals surface area contributed by atoms with E-state index >= 15 is 0 Å². The predicted octanol–water partition coefficient (Wildman–Crippen LogP) is 1.93. The van der Waals surface area contributed by atoms with E-state index in [1.165, 1.54) is 12.1 Å². The lowest BCUT2D eigenvalue weighted by atomic mass is 10.1. The van der Waals surface area contributed by atoms with Gasteiger partial charge >= 0.3 is 0 Å².